The molecule has 1 N–H and O–H groups in total. The van der Waals surface area contributed by atoms with Gasteiger partial charge in [0.1, 0.15) is 5.75 Å². The first-order valence-corrected chi connectivity index (χ1v) is 12.7. The van der Waals surface area contributed by atoms with E-state index in [1.807, 2.05) is 26.0 Å². The Bertz CT molecular complexity index is 1320. The Morgan fingerprint density at radius 1 is 0.722 bits per heavy atom. The first-order chi connectivity index (χ1) is 17.6. The molecule has 0 saturated carbocycles. The molecular formula is C34H35NO. The topological polar surface area (TPSA) is 21.3 Å². The highest BCUT2D eigenvalue weighted by molar-refractivity contribution is 5.72. The Morgan fingerprint density at radius 3 is 1.92 bits per heavy atom. The highest BCUT2D eigenvalue weighted by Gasteiger charge is 2.26. The molecule has 0 aromatic heterocycles. The SMILES string of the molecule is CC.COc1ccc(C2(C)C=CC(Nc3ccc(-c4ccccc4)cc3)=CC2)cc1-c1ccccc1. The number of rotatable bonds is 6. The highest BCUT2D eigenvalue weighted by Crippen LogP contribution is 2.39. The molecule has 0 aliphatic heterocycles. The maximum atomic E-state index is 5.66. The van der Waals surface area contributed by atoms with E-state index in [4.69, 9.17) is 4.74 Å². The summed E-state index contributed by atoms with van der Waals surface area (Å²) in [5, 5.41) is 3.56. The van der Waals surface area contributed by atoms with Crippen molar-refractivity contribution >= 4 is 5.69 Å². The zero-order chi connectivity index (χ0) is 25.4. The number of nitrogens with one attached hydrogen (secondary N) is 1. The molecule has 0 fully saturated rings. The number of anilines is 1. The molecule has 0 spiro atoms. The summed E-state index contributed by atoms with van der Waals surface area (Å²) in [6.07, 6.45) is 7.72. The highest BCUT2D eigenvalue weighted by atomic mass is 16.5. The average Bonchev–Trinajstić information content (AvgIpc) is 2.96. The molecule has 4 aromatic rings. The zero-order valence-electron chi connectivity index (χ0n) is 21.7. The van der Waals surface area contributed by atoms with Crippen LogP contribution >= 0.6 is 0 Å². The van der Waals surface area contributed by atoms with Crippen LogP contribution in [0.5, 0.6) is 5.75 Å². The van der Waals surface area contributed by atoms with Gasteiger partial charge in [-0.05, 0) is 59.0 Å². The van der Waals surface area contributed by atoms with Gasteiger partial charge in [-0.25, -0.2) is 0 Å². The van der Waals surface area contributed by atoms with Crippen LogP contribution < -0.4 is 10.1 Å². The summed E-state index contributed by atoms with van der Waals surface area (Å²) in [6.45, 7) is 6.29. The normalized spacial score (nSPS) is 16.4. The van der Waals surface area contributed by atoms with Gasteiger partial charge in [0.15, 0.2) is 0 Å². The summed E-state index contributed by atoms with van der Waals surface area (Å²) in [6, 6.07) is 36.0. The second kappa shape index (κ2) is 11.6. The number of benzene rings is 4. The summed E-state index contributed by atoms with van der Waals surface area (Å²) in [7, 11) is 1.73. The molecule has 0 heterocycles. The first-order valence-electron chi connectivity index (χ1n) is 12.7. The lowest BCUT2D eigenvalue weighted by Gasteiger charge is -2.30. The van der Waals surface area contributed by atoms with Gasteiger partial charge in [-0.15, -0.1) is 0 Å². The van der Waals surface area contributed by atoms with Gasteiger partial charge in [0.2, 0.25) is 0 Å². The molecule has 0 saturated heterocycles. The van der Waals surface area contributed by atoms with E-state index in [1.54, 1.807) is 7.11 Å². The predicted molar refractivity (Wildman–Crippen MR) is 154 cm³/mol. The molecule has 0 radical (unpaired) electrons. The fourth-order valence-corrected chi connectivity index (χ4v) is 4.49. The third-order valence-electron chi connectivity index (χ3n) is 6.60. The molecule has 1 atom stereocenters. The lowest BCUT2D eigenvalue weighted by Crippen LogP contribution is -2.21. The molecule has 0 bridgehead atoms. The Hall–Kier alpha value is -4.04. The van der Waals surface area contributed by atoms with Gasteiger partial charge in [0, 0.05) is 22.4 Å². The van der Waals surface area contributed by atoms with Crippen LogP contribution in [0.15, 0.2) is 127 Å². The van der Waals surface area contributed by atoms with Crippen LogP contribution in [-0.4, -0.2) is 7.11 Å². The Labute approximate surface area is 216 Å². The van der Waals surface area contributed by atoms with E-state index in [0.29, 0.717) is 0 Å². The number of hydrogen-bond donors (Lipinski definition) is 1. The van der Waals surface area contributed by atoms with Crippen LogP contribution in [0, 0.1) is 0 Å². The van der Waals surface area contributed by atoms with Crippen molar-refractivity contribution in [2.45, 2.75) is 32.6 Å². The molecule has 1 unspecified atom stereocenters. The number of methoxy groups -OCH3 is 1. The van der Waals surface area contributed by atoms with Crippen molar-refractivity contribution in [2.24, 2.45) is 0 Å². The van der Waals surface area contributed by atoms with Crippen molar-refractivity contribution in [2.75, 3.05) is 12.4 Å². The summed E-state index contributed by atoms with van der Waals surface area (Å²) in [5.41, 5.74) is 8.18. The first kappa shape index (κ1) is 25.1. The summed E-state index contributed by atoms with van der Waals surface area (Å²) < 4.78 is 5.66. The molecule has 36 heavy (non-hydrogen) atoms. The number of ether oxygens (including phenoxy) is 1. The lowest BCUT2D eigenvalue weighted by molar-refractivity contribution is 0.416. The van der Waals surface area contributed by atoms with Crippen LogP contribution in [0.1, 0.15) is 32.8 Å². The van der Waals surface area contributed by atoms with E-state index in [0.717, 1.165) is 29.1 Å². The third kappa shape index (κ3) is 5.60. The summed E-state index contributed by atoms with van der Waals surface area (Å²) >= 11 is 0. The van der Waals surface area contributed by atoms with E-state index in [1.165, 1.54) is 22.3 Å². The minimum Gasteiger partial charge on any atom is -0.496 e. The van der Waals surface area contributed by atoms with Crippen molar-refractivity contribution in [1.29, 1.82) is 0 Å². The predicted octanol–water partition coefficient (Wildman–Crippen LogP) is 9.27. The smallest absolute Gasteiger partial charge is 0.126 e. The van der Waals surface area contributed by atoms with Crippen LogP contribution in [0.2, 0.25) is 0 Å². The quantitative estimate of drug-likeness (QED) is 0.301. The largest absolute Gasteiger partial charge is 0.496 e. The van der Waals surface area contributed by atoms with E-state index in [-0.39, 0.29) is 5.41 Å². The number of allylic oxidation sites excluding steroid dienone is 3. The fraction of sp³-hybridized carbons (Fsp3) is 0.176. The molecular weight excluding hydrogens is 438 g/mol. The second-order valence-electron chi connectivity index (χ2n) is 8.96. The molecule has 1 aliphatic carbocycles. The van der Waals surface area contributed by atoms with Crippen molar-refractivity contribution in [3.8, 4) is 28.0 Å². The monoisotopic (exact) mass is 473 g/mol. The molecule has 0 amide bonds. The van der Waals surface area contributed by atoms with Crippen molar-refractivity contribution in [3.63, 3.8) is 0 Å². The number of hydrogen-bond acceptors (Lipinski definition) is 2. The molecule has 4 aromatic carbocycles. The van der Waals surface area contributed by atoms with Gasteiger partial charge in [0.25, 0.3) is 0 Å². The minimum absolute atomic E-state index is 0.0713. The molecule has 2 nitrogen and oxygen atoms in total. The lowest BCUT2D eigenvalue weighted by atomic mass is 9.76. The van der Waals surface area contributed by atoms with E-state index >= 15 is 0 Å². The summed E-state index contributed by atoms with van der Waals surface area (Å²) in [5.74, 6) is 0.898. The molecule has 5 rings (SSSR count). The third-order valence-corrected chi connectivity index (χ3v) is 6.60. The van der Waals surface area contributed by atoms with E-state index < -0.39 is 0 Å². The maximum Gasteiger partial charge on any atom is 0.126 e. The van der Waals surface area contributed by atoms with E-state index in [9.17, 15) is 0 Å². The summed E-state index contributed by atoms with van der Waals surface area (Å²) in [4.78, 5) is 0. The van der Waals surface area contributed by atoms with Gasteiger partial charge in [0.05, 0.1) is 7.11 Å². The maximum absolute atomic E-state index is 5.66. The van der Waals surface area contributed by atoms with Gasteiger partial charge in [-0.1, -0.05) is 112 Å². The standard InChI is InChI=1S/C32H29NO.C2H6/c1-32(27-15-18-31(34-2)30(23-27)26-11-7-4-8-12-26)21-19-29(20-22-32)33-28-16-13-25(14-17-28)24-9-5-3-6-10-24;1-2/h3-21,23,33H,22H2,1-2H3;1-2H3. The minimum atomic E-state index is -0.0713. The van der Waals surface area contributed by atoms with Crippen molar-refractivity contribution in [1.82, 2.24) is 0 Å². The van der Waals surface area contributed by atoms with Crippen LogP contribution in [0.4, 0.5) is 5.69 Å². The Morgan fingerprint density at radius 2 is 1.33 bits per heavy atom. The van der Waals surface area contributed by atoms with Crippen LogP contribution in [0.25, 0.3) is 22.3 Å². The fourth-order valence-electron chi connectivity index (χ4n) is 4.49. The molecule has 182 valence electrons. The van der Waals surface area contributed by atoms with Gasteiger partial charge in [-0.2, -0.15) is 0 Å². The average molecular weight is 474 g/mol. The Kier molecular flexibility index (Phi) is 8.07. The van der Waals surface area contributed by atoms with E-state index in [2.05, 4.69) is 121 Å². The molecule has 1 aliphatic rings. The van der Waals surface area contributed by atoms with Crippen LogP contribution in [-0.2, 0) is 5.41 Å². The van der Waals surface area contributed by atoms with Gasteiger partial charge >= 0.3 is 0 Å². The van der Waals surface area contributed by atoms with Crippen molar-refractivity contribution in [3.05, 3.63) is 133 Å². The van der Waals surface area contributed by atoms with Crippen molar-refractivity contribution < 1.29 is 4.74 Å². The van der Waals surface area contributed by atoms with Crippen LogP contribution in [0.3, 0.4) is 0 Å². The molecule has 2 heteroatoms. The zero-order valence-corrected chi connectivity index (χ0v) is 21.7. The second-order valence-corrected chi connectivity index (χ2v) is 8.96. The van der Waals surface area contributed by atoms with Gasteiger partial charge < -0.3 is 10.1 Å². The van der Waals surface area contributed by atoms with Gasteiger partial charge in [-0.3, -0.25) is 0 Å². The Balaban J connectivity index is 0.00000148.